The van der Waals surface area contributed by atoms with E-state index in [0.29, 0.717) is 30.1 Å². The molecule has 2 heterocycles. The molecule has 2 rings (SSSR count). The lowest BCUT2D eigenvalue weighted by Gasteiger charge is -2.34. The minimum absolute atomic E-state index is 0.230. The summed E-state index contributed by atoms with van der Waals surface area (Å²) in [5, 5.41) is 7.94. The number of aromatic nitrogens is 2. The van der Waals surface area contributed by atoms with Crippen LogP contribution in [-0.4, -0.2) is 46.5 Å². The summed E-state index contributed by atoms with van der Waals surface area (Å²) in [5.41, 5.74) is -0.458. The molecule has 7 heteroatoms. The number of hydrogen-bond donors (Lipinski definition) is 0. The molecule has 0 spiro atoms. The van der Waals surface area contributed by atoms with Gasteiger partial charge in [0.2, 0.25) is 5.88 Å². The van der Waals surface area contributed by atoms with Gasteiger partial charge in [-0.25, -0.2) is 4.79 Å². The quantitative estimate of drug-likeness (QED) is 0.838. The van der Waals surface area contributed by atoms with Crippen LogP contribution in [0.2, 0.25) is 5.15 Å². The van der Waals surface area contributed by atoms with E-state index in [-0.39, 0.29) is 6.09 Å². The second-order valence-corrected chi connectivity index (χ2v) is 7.15. The molecule has 0 bridgehead atoms. The molecule has 1 atom stereocenters. The molecule has 1 aromatic heterocycles. The zero-order valence-electron chi connectivity index (χ0n) is 13.9. The average Bonchev–Trinajstić information content (AvgIpc) is 2.48. The first-order valence-electron chi connectivity index (χ1n) is 7.93. The van der Waals surface area contributed by atoms with Gasteiger partial charge in [0.15, 0.2) is 5.15 Å². The van der Waals surface area contributed by atoms with Crippen molar-refractivity contribution in [1.29, 1.82) is 0 Å². The molecule has 0 N–H and O–H groups in total. The molecule has 0 aliphatic carbocycles. The lowest BCUT2D eigenvalue weighted by atomic mass is 9.95. The number of halogens is 1. The second kappa shape index (κ2) is 7.81. The maximum Gasteiger partial charge on any atom is 0.410 e. The molecule has 1 aliphatic heterocycles. The summed E-state index contributed by atoms with van der Waals surface area (Å²) in [6.07, 6.45) is 2.72. The van der Waals surface area contributed by atoms with Gasteiger partial charge >= 0.3 is 6.09 Å². The topological polar surface area (TPSA) is 64.5 Å². The summed E-state index contributed by atoms with van der Waals surface area (Å²) in [6.45, 7) is 7.66. The molecule has 0 unspecified atom stereocenters. The Labute approximate surface area is 142 Å². The average molecular weight is 342 g/mol. The Kier molecular flexibility index (Phi) is 6.04. The molecular formula is C16H24ClN3O3. The van der Waals surface area contributed by atoms with E-state index in [1.54, 1.807) is 17.0 Å². The van der Waals surface area contributed by atoms with Crippen LogP contribution >= 0.6 is 11.6 Å². The number of nitrogens with zero attached hydrogens (tertiary/aromatic N) is 3. The van der Waals surface area contributed by atoms with Gasteiger partial charge in [-0.15, -0.1) is 10.2 Å². The van der Waals surface area contributed by atoms with Crippen molar-refractivity contribution in [1.82, 2.24) is 15.1 Å². The van der Waals surface area contributed by atoms with Crippen molar-refractivity contribution in [2.45, 2.75) is 45.6 Å². The lowest BCUT2D eigenvalue weighted by molar-refractivity contribution is 0.0154. The molecule has 0 radical (unpaired) electrons. The van der Waals surface area contributed by atoms with Gasteiger partial charge in [-0.1, -0.05) is 11.6 Å². The van der Waals surface area contributed by atoms with Crippen molar-refractivity contribution in [2.75, 3.05) is 19.7 Å². The first kappa shape index (κ1) is 17.8. The Morgan fingerprint density at radius 1 is 1.39 bits per heavy atom. The first-order chi connectivity index (χ1) is 10.8. The fourth-order valence-corrected chi connectivity index (χ4v) is 2.60. The Balaban J connectivity index is 1.75. The van der Waals surface area contributed by atoms with E-state index in [2.05, 4.69) is 10.2 Å². The highest BCUT2D eigenvalue weighted by molar-refractivity contribution is 6.29. The second-order valence-electron chi connectivity index (χ2n) is 6.77. The molecule has 0 aromatic carbocycles. The van der Waals surface area contributed by atoms with Crippen LogP contribution in [0.4, 0.5) is 4.79 Å². The molecule has 23 heavy (non-hydrogen) atoms. The molecule has 1 aromatic rings. The Bertz CT molecular complexity index is 516. The van der Waals surface area contributed by atoms with E-state index in [1.807, 2.05) is 20.8 Å². The normalized spacial score (nSPS) is 18.6. The van der Waals surface area contributed by atoms with Crippen LogP contribution < -0.4 is 4.74 Å². The minimum atomic E-state index is -0.458. The number of rotatable bonds is 4. The summed E-state index contributed by atoms with van der Waals surface area (Å²) >= 11 is 5.68. The van der Waals surface area contributed by atoms with Gasteiger partial charge in [-0.05, 0) is 52.0 Å². The van der Waals surface area contributed by atoms with Crippen molar-refractivity contribution in [2.24, 2.45) is 5.92 Å². The van der Waals surface area contributed by atoms with Crippen molar-refractivity contribution >= 4 is 17.7 Å². The van der Waals surface area contributed by atoms with Crippen molar-refractivity contribution in [3.63, 3.8) is 0 Å². The Morgan fingerprint density at radius 2 is 2.17 bits per heavy atom. The molecule has 1 fully saturated rings. The fourth-order valence-electron chi connectivity index (χ4n) is 2.50. The van der Waals surface area contributed by atoms with Crippen molar-refractivity contribution in [3.05, 3.63) is 17.3 Å². The van der Waals surface area contributed by atoms with Gasteiger partial charge in [-0.2, -0.15) is 0 Å². The summed E-state index contributed by atoms with van der Waals surface area (Å²) in [5.74, 6) is 0.880. The standard InChI is InChI=1S/C16H24ClN3O3/c1-16(2,3)23-15(21)20-9-4-5-12(11-20)8-10-22-14-7-6-13(17)18-19-14/h6-7,12H,4-5,8-11H2,1-3H3/t12-/m0/s1. The third kappa shape index (κ3) is 6.22. The predicted octanol–water partition coefficient (Wildman–Crippen LogP) is 3.55. The van der Waals surface area contributed by atoms with Crippen LogP contribution in [0.25, 0.3) is 0 Å². The third-order valence-electron chi connectivity index (χ3n) is 3.55. The molecule has 0 saturated carbocycles. The van der Waals surface area contributed by atoms with E-state index in [1.165, 1.54) is 0 Å². The summed E-state index contributed by atoms with van der Waals surface area (Å²) < 4.78 is 11.0. The fraction of sp³-hybridized carbons (Fsp3) is 0.688. The number of likely N-dealkylation sites (tertiary alicyclic amines) is 1. The smallest absolute Gasteiger partial charge is 0.410 e. The molecule has 1 aliphatic rings. The molecule has 6 nitrogen and oxygen atoms in total. The monoisotopic (exact) mass is 341 g/mol. The highest BCUT2D eigenvalue weighted by atomic mass is 35.5. The van der Waals surface area contributed by atoms with E-state index < -0.39 is 5.60 Å². The van der Waals surface area contributed by atoms with Crippen molar-refractivity contribution in [3.8, 4) is 5.88 Å². The first-order valence-corrected chi connectivity index (χ1v) is 8.31. The van der Waals surface area contributed by atoms with Crippen LogP contribution in [0.5, 0.6) is 5.88 Å². The lowest BCUT2D eigenvalue weighted by Crippen LogP contribution is -2.43. The van der Waals surface area contributed by atoms with E-state index >= 15 is 0 Å². The number of ether oxygens (including phenoxy) is 2. The maximum absolute atomic E-state index is 12.1. The molecule has 1 amide bonds. The summed E-state index contributed by atoms with van der Waals surface area (Å²) in [7, 11) is 0. The number of piperidine rings is 1. The van der Waals surface area contributed by atoms with Gasteiger partial charge in [0, 0.05) is 19.2 Å². The predicted molar refractivity (Wildman–Crippen MR) is 87.7 cm³/mol. The van der Waals surface area contributed by atoms with Crippen LogP contribution in [-0.2, 0) is 4.74 Å². The zero-order valence-corrected chi connectivity index (χ0v) is 14.7. The largest absolute Gasteiger partial charge is 0.477 e. The van der Waals surface area contributed by atoms with E-state index in [9.17, 15) is 4.79 Å². The van der Waals surface area contributed by atoms with E-state index in [4.69, 9.17) is 21.1 Å². The van der Waals surface area contributed by atoms with E-state index in [0.717, 1.165) is 25.8 Å². The number of hydrogen-bond acceptors (Lipinski definition) is 5. The summed E-state index contributed by atoms with van der Waals surface area (Å²) in [4.78, 5) is 13.9. The number of carbonyl (C=O) groups is 1. The molecule has 1 saturated heterocycles. The van der Waals surface area contributed by atoms with Gasteiger partial charge in [0.1, 0.15) is 5.60 Å². The van der Waals surface area contributed by atoms with Crippen LogP contribution in [0.15, 0.2) is 12.1 Å². The Hall–Kier alpha value is -1.56. The Morgan fingerprint density at radius 3 is 2.83 bits per heavy atom. The number of carbonyl (C=O) groups excluding carboxylic acids is 1. The van der Waals surface area contributed by atoms with Crippen molar-refractivity contribution < 1.29 is 14.3 Å². The molecular weight excluding hydrogens is 318 g/mol. The highest BCUT2D eigenvalue weighted by Crippen LogP contribution is 2.22. The highest BCUT2D eigenvalue weighted by Gasteiger charge is 2.27. The van der Waals surface area contributed by atoms with Crippen LogP contribution in [0.3, 0.4) is 0 Å². The van der Waals surface area contributed by atoms with Crippen LogP contribution in [0, 0.1) is 5.92 Å². The minimum Gasteiger partial charge on any atom is -0.477 e. The van der Waals surface area contributed by atoms with Crippen LogP contribution in [0.1, 0.15) is 40.0 Å². The van der Waals surface area contributed by atoms with Gasteiger partial charge in [-0.3, -0.25) is 0 Å². The van der Waals surface area contributed by atoms with Gasteiger partial charge in [0.05, 0.1) is 6.61 Å². The summed E-state index contributed by atoms with van der Waals surface area (Å²) in [6, 6.07) is 3.35. The SMILES string of the molecule is CC(C)(C)OC(=O)N1CCC[C@@H](CCOc2ccc(Cl)nn2)C1. The van der Waals surface area contributed by atoms with Gasteiger partial charge in [0.25, 0.3) is 0 Å². The zero-order chi connectivity index (χ0) is 16.9. The molecule has 128 valence electrons. The third-order valence-corrected chi connectivity index (χ3v) is 3.76. The van der Waals surface area contributed by atoms with Gasteiger partial charge < -0.3 is 14.4 Å². The maximum atomic E-state index is 12.1. The number of amides is 1.